The average Bonchev–Trinajstić information content (AvgIpc) is 2.98. The monoisotopic (exact) mass is 389 g/mol. The highest BCUT2D eigenvalue weighted by Gasteiger charge is 2.32. The van der Waals surface area contributed by atoms with Gasteiger partial charge in [-0.05, 0) is 41.1 Å². The third-order valence-corrected chi connectivity index (χ3v) is 4.89. The van der Waals surface area contributed by atoms with E-state index < -0.39 is 5.97 Å². The molecule has 2 aromatic carbocycles. The number of aliphatic imine (C=N–C) groups is 1. The Labute approximate surface area is 167 Å². The van der Waals surface area contributed by atoms with Gasteiger partial charge in [0.15, 0.2) is 5.17 Å². The smallest absolute Gasteiger partial charge is 0.267 e. The van der Waals surface area contributed by atoms with Gasteiger partial charge >= 0.3 is 0 Å². The maximum Gasteiger partial charge on any atom is 0.267 e. The van der Waals surface area contributed by atoms with Gasteiger partial charge in [-0.15, -0.1) is 6.58 Å². The van der Waals surface area contributed by atoms with E-state index in [2.05, 4.69) is 11.6 Å². The summed E-state index contributed by atoms with van der Waals surface area (Å²) < 4.78 is 0. The molecule has 1 heterocycles. The Balaban J connectivity index is 1.83. The SMILES string of the molecule is C=CCN1C(=O)/C(=C/C=C/c2ccccc2)SC1=Nc1ccc(C(=O)[O-])cc1. The summed E-state index contributed by atoms with van der Waals surface area (Å²) in [6.45, 7) is 4.03. The number of amidine groups is 1. The van der Waals surface area contributed by atoms with Gasteiger partial charge in [0.2, 0.25) is 0 Å². The molecule has 1 aliphatic heterocycles. The lowest BCUT2D eigenvalue weighted by atomic mass is 10.2. The molecule has 0 spiro atoms. The fourth-order valence-corrected chi connectivity index (χ4v) is 3.45. The topological polar surface area (TPSA) is 72.8 Å². The highest BCUT2D eigenvalue weighted by atomic mass is 32.2. The van der Waals surface area contributed by atoms with E-state index in [1.54, 1.807) is 24.3 Å². The molecule has 1 saturated heterocycles. The molecule has 0 unspecified atom stereocenters. The van der Waals surface area contributed by atoms with Crippen LogP contribution in [0.2, 0.25) is 0 Å². The number of benzene rings is 2. The van der Waals surface area contributed by atoms with Gasteiger partial charge in [-0.3, -0.25) is 9.69 Å². The van der Waals surface area contributed by atoms with Crippen LogP contribution in [-0.4, -0.2) is 28.5 Å². The predicted octanol–water partition coefficient (Wildman–Crippen LogP) is 3.40. The summed E-state index contributed by atoms with van der Waals surface area (Å²) in [6.07, 6.45) is 7.15. The van der Waals surface area contributed by atoms with Gasteiger partial charge in [0.25, 0.3) is 5.91 Å². The number of carbonyl (C=O) groups excluding carboxylic acids is 2. The highest BCUT2D eigenvalue weighted by molar-refractivity contribution is 8.18. The molecule has 140 valence electrons. The second kappa shape index (κ2) is 9.01. The van der Waals surface area contributed by atoms with Crippen molar-refractivity contribution in [3.05, 3.63) is 95.4 Å². The van der Waals surface area contributed by atoms with Crippen LogP contribution in [0.25, 0.3) is 6.08 Å². The molecule has 6 heteroatoms. The van der Waals surface area contributed by atoms with Crippen molar-refractivity contribution in [3.8, 4) is 0 Å². The third kappa shape index (κ3) is 4.66. The second-order valence-corrected chi connectivity index (χ2v) is 6.85. The maximum absolute atomic E-state index is 12.7. The van der Waals surface area contributed by atoms with E-state index >= 15 is 0 Å². The van der Waals surface area contributed by atoms with Gasteiger partial charge in [0, 0.05) is 6.54 Å². The lowest BCUT2D eigenvalue weighted by molar-refractivity contribution is -0.255. The van der Waals surface area contributed by atoms with Crippen LogP contribution in [0, 0.1) is 0 Å². The Morgan fingerprint density at radius 1 is 1.14 bits per heavy atom. The van der Waals surface area contributed by atoms with Gasteiger partial charge in [-0.25, -0.2) is 4.99 Å². The van der Waals surface area contributed by atoms with E-state index in [0.29, 0.717) is 22.3 Å². The molecule has 0 N–H and O–H groups in total. The Kier molecular flexibility index (Phi) is 6.24. The van der Waals surface area contributed by atoms with E-state index in [1.807, 2.05) is 42.5 Å². The summed E-state index contributed by atoms with van der Waals surface area (Å²) in [7, 11) is 0. The van der Waals surface area contributed by atoms with Crippen molar-refractivity contribution >= 4 is 40.6 Å². The van der Waals surface area contributed by atoms with Crippen LogP contribution < -0.4 is 5.11 Å². The number of hydrogen-bond donors (Lipinski definition) is 0. The zero-order valence-electron chi connectivity index (χ0n) is 14.9. The molecule has 0 radical (unpaired) electrons. The van der Waals surface area contributed by atoms with Crippen molar-refractivity contribution in [2.24, 2.45) is 4.99 Å². The van der Waals surface area contributed by atoms with Crippen LogP contribution in [-0.2, 0) is 4.79 Å². The van der Waals surface area contributed by atoms with Crippen LogP contribution in [0.15, 0.2) is 89.3 Å². The van der Waals surface area contributed by atoms with E-state index in [-0.39, 0.29) is 11.5 Å². The maximum atomic E-state index is 12.7. The number of nitrogens with zero attached hydrogens (tertiary/aromatic N) is 2. The number of carboxylic acid groups (broad SMARTS) is 1. The standard InChI is InChI=1S/C22H18N2O3S/c1-2-15-24-20(25)19(10-6-9-16-7-4-3-5-8-16)28-22(24)23-18-13-11-17(12-14-18)21(26)27/h2-14H,1,15H2,(H,26,27)/p-1/b9-6+,19-10-,23-22?. The number of allylic oxidation sites excluding steroid dienone is 2. The second-order valence-electron chi connectivity index (χ2n) is 5.84. The molecule has 5 nitrogen and oxygen atoms in total. The van der Waals surface area contributed by atoms with Crippen molar-refractivity contribution in [1.29, 1.82) is 0 Å². The van der Waals surface area contributed by atoms with Crippen molar-refractivity contribution in [2.45, 2.75) is 0 Å². The zero-order valence-corrected chi connectivity index (χ0v) is 15.8. The molecule has 1 fully saturated rings. The molecular weight excluding hydrogens is 372 g/mol. The molecule has 0 aliphatic carbocycles. The number of amides is 1. The summed E-state index contributed by atoms with van der Waals surface area (Å²) >= 11 is 1.27. The van der Waals surface area contributed by atoms with Gasteiger partial charge in [-0.1, -0.05) is 60.7 Å². The third-order valence-electron chi connectivity index (χ3n) is 3.86. The summed E-state index contributed by atoms with van der Waals surface area (Å²) in [5.74, 6) is -1.39. The van der Waals surface area contributed by atoms with E-state index in [9.17, 15) is 14.7 Å². The van der Waals surface area contributed by atoms with Crippen molar-refractivity contribution in [2.75, 3.05) is 6.54 Å². The summed E-state index contributed by atoms with van der Waals surface area (Å²) in [5, 5.41) is 11.4. The lowest BCUT2D eigenvalue weighted by Gasteiger charge is -2.12. The average molecular weight is 389 g/mol. The van der Waals surface area contributed by atoms with E-state index in [0.717, 1.165) is 5.56 Å². The largest absolute Gasteiger partial charge is 0.545 e. The van der Waals surface area contributed by atoms with Crippen LogP contribution in [0.1, 0.15) is 15.9 Å². The van der Waals surface area contributed by atoms with Crippen molar-refractivity contribution in [3.63, 3.8) is 0 Å². The Bertz CT molecular complexity index is 977. The first kappa shape index (κ1) is 19.4. The minimum atomic E-state index is -1.24. The summed E-state index contributed by atoms with van der Waals surface area (Å²) in [6, 6.07) is 15.8. The molecule has 0 atom stereocenters. The fraction of sp³-hybridized carbons (Fsp3) is 0.0455. The molecular formula is C22H17N2O3S-. The first-order valence-corrected chi connectivity index (χ1v) is 9.34. The van der Waals surface area contributed by atoms with Gasteiger partial charge in [-0.2, -0.15) is 0 Å². The zero-order chi connectivity index (χ0) is 19.9. The van der Waals surface area contributed by atoms with Crippen molar-refractivity contribution < 1.29 is 14.7 Å². The Morgan fingerprint density at radius 2 is 1.86 bits per heavy atom. The summed E-state index contributed by atoms with van der Waals surface area (Å²) in [5.41, 5.74) is 1.67. The fourth-order valence-electron chi connectivity index (χ4n) is 2.49. The van der Waals surface area contributed by atoms with Crippen LogP contribution in [0.4, 0.5) is 5.69 Å². The first-order chi connectivity index (χ1) is 13.6. The Hall–Kier alpha value is -3.38. The van der Waals surface area contributed by atoms with Gasteiger partial charge in [0.05, 0.1) is 16.6 Å². The van der Waals surface area contributed by atoms with Gasteiger partial charge in [0.1, 0.15) is 0 Å². The van der Waals surface area contributed by atoms with Crippen LogP contribution in [0.3, 0.4) is 0 Å². The van der Waals surface area contributed by atoms with E-state index in [4.69, 9.17) is 0 Å². The number of rotatable bonds is 6. The quantitative estimate of drug-likeness (QED) is 0.561. The molecule has 28 heavy (non-hydrogen) atoms. The molecule has 1 aliphatic rings. The number of aromatic carboxylic acids is 1. The van der Waals surface area contributed by atoms with Crippen LogP contribution in [0.5, 0.6) is 0 Å². The van der Waals surface area contributed by atoms with Crippen LogP contribution >= 0.6 is 11.8 Å². The lowest BCUT2D eigenvalue weighted by Crippen LogP contribution is -2.29. The minimum Gasteiger partial charge on any atom is -0.545 e. The molecule has 3 rings (SSSR count). The molecule has 0 aromatic heterocycles. The molecule has 0 bridgehead atoms. The number of thioether (sulfide) groups is 1. The molecule has 0 saturated carbocycles. The van der Waals surface area contributed by atoms with Gasteiger partial charge < -0.3 is 9.90 Å². The predicted molar refractivity (Wildman–Crippen MR) is 111 cm³/mol. The highest BCUT2D eigenvalue weighted by Crippen LogP contribution is 2.32. The number of carbonyl (C=O) groups is 2. The first-order valence-electron chi connectivity index (χ1n) is 8.52. The number of hydrogen-bond acceptors (Lipinski definition) is 5. The Morgan fingerprint density at radius 3 is 2.50 bits per heavy atom. The van der Waals surface area contributed by atoms with E-state index in [1.165, 1.54) is 28.8 Å². The minimum absolute atomic E-state index is 0.0775. The summed E-state index contributed by atoms with van der Waals surface area (Å²) in [4.78, 5) is 30.1. The normalized spacial score (nSPS) is 17.0. The van der Waals surface area contributed by atoms with Crippen molar-refractivity contribution in [1.82, 2.24) is 4.90 Å². The number of carboxylic acids is 1. The molecule has 2 aromatic rings. The molecule has 1 amide bonds.